The van der Waals surface area contributed by atoms with E-state index in [1.165, 1.54) is 22.3 Å². The maximum Gasteiger partial charge on any atom is 0.0812 e. The lowest BCUT2D eigenvalue weighted by molar-refractivity contribution is -0.00257. The molecule has 0 fully saturated rings. The number of aryl methyl sites for hydroxylation is 3. The monoisotopic (exact) mass is 249 g/mol. The molecule has 0 aliphatic carbocycles. The molecule has 2 unspecified atom stereocenters. The number of rotatable bonds is 3. The minimum Gasteiger partial charge on any atom is -0.379 e. The molecule has 2 N–H and O–H groups in total. The van der Waals surface area contributed by atoms with E-state index in [4.69, 9.17) is 10.5 Å². The normalized spacial score (nSPS) is 15.6. The predicted molar refractivity (Wildman–Crippen MR) is 77.8 cm³/mol. The molecular weight excluding hydrogens is 222 g/mol. The van der Waals surface area contributed by atoms with Crippen molar-refractivity contribution in [2.45, 2.75) is 53.7 Å². The molecule has 1 aromatic rings. The highest BCUT2D eigenvalue weighted by atomic mass is 16.5. The fourth-order valence-electron chi connectivity index (χ4n) is 2.54. The van der Waals surface area contributed by atoms with Gasteiger partial charge in [-0.3, -0.25) is 0 Å². The molecule has 1 rings (SSSR count). The Morgan fingerprint density at radius 2 is 1.50 bits per heavy atom. The molecule has 2 heteroatoms. The molecule has 0 saturated carbocycles. The molecular formula is C16H27NO. The highest BCUT2D eigenvalue weighted by Crippen LogP contribution is 2.33. The fraction of sp³-hybridized carbons (Fsp3) is 0.625. The molecule has 0 bridgehead atoms. The van der Waals surface area contributed by atoms with Crippen LogP contribution in [0.1, 0.15) is 49.1 Å². The zero-order chi connectivity index (χ0) is 14.1. The van der Waals surface area contributed by atoms with E-state index in [9.17, 15) is 0 Å². The summed E-state index contributed by atoms with van der Waals surface area (Å²) in [5.74, 6) is 0. The molecule has 0 aliphatic heterocycles. The molecule has 1 aromatic carbocycles. The van der Waals surface area contributed by atoms with Crippen LogP contribution in [0.4, 0.5) is 0 Å². The van der Waals surface area contributed by atoms with Gasteiger partial charge in [-0.1, -0.05) is 32.9 Å². The number of nitrogens with two attached hydrogens (primary N) is 1. The van der Waals surface area contributed by atoms with Gasteiger partial charge in [0.25, 0.3) is 0 Å². The SMILES string of the molecule is COC(C(N)c1cc(C)c(C)cc1C)C(C)(C)C. The van der Waals surface area contributed by atoms with Gasteiger partial charge in [-0.2, -0.15) is 0 Å². The van der Waals surface area contributed by atoms with Crippen molar-refractivity contribution in [2.24, 2.45) is 11.1 Å². The third kappa shape index (κ3) is 3.12. The maximum atomic E-state index is 6.43. The topological polar surface area (TPSA) is 35.2 Å². The molecule has 0 saturated heterocycles. The van der Waals surface area contributed by atoms with Gasteiger partial charge in [-0.05, 0) is 48.4 Å². The van der Waals surface area contributed by atoms with Gasteiger partial charge in [-0.25, -0.2) is 0 Å². The summed E-state index contributed by atoms with van der Waals surface area (Å²) < 4.78 is 5.63. The van der Waals surface area contributed by atoms with Crippen LogP contribution < -0.4 is 5.73 Å². The molecule has 102 valence electrons. The Morgan fingerprint density at radius 1 is 1.00 bits per heavy atom. The van der Waals surface area contributed by atoms with Crippen molar-refractivity contribution < 1.29 is 4.74 Å². The van der Waals surface area contributed by atoms with Gasteiger partial charge in [0.1, 0.15) is 0 Å². The number of benzene rings is 1. The first-order valence-corrected chi connectivity index (χ1v) is 6.54. The van der Waals surface area contributed by atoms with Gasteiger partial charge in [0.2, 0.25) is 0 Å². The van der Waals surface area contributed by atoms with Crippen molar-refractivity contribution in [3.63, 3.8) is 0 Å². The summed E-state index contributed by atoms with van der Waals surface area (Å²) in [5, 5.41) is 0. The Labute approximate surface area is 112 Å². The third-order valence-corrected chi connectivity index (χ3v) is 3.68. The zero-order valence-corrected chi connectivity index (χ0v) is 12.8. The van der Waals surface area contributed by atoms with Crippen LogP contribution in [0.3, 0.4) is 0 Å². The van der Waals surface area contributed by atoms with Crippen molar-refractivity contribution in [2.75, 3.05) is 7.11 Å². The summed E-state index contributed by atoms with van der Waals surface area (Å²) in [5.41, 5.74) is 11.5. The zero-order valence-electron chi connectivity index (χ0n) is 12.8. The molecule has 2 nitrogen and oxygen atoms in total. The minimum absolute atomic E-state index is 0.0123. The number of hydrogen-bond acceptors (Lipinski definition) is 2. The Hall–Kier alpha value is -0.860. The van der Waals surface area contributed by atoms with Crippen molar-refractivity contribution in [3.8, 4) is 0 Å². The van der Waals surface area contributed by atoms with Crippen LogP contribution in [0.25, 0.3) is 0 Å². The summed E-state index contributed by atoms with van der Waals surface area (Å²) in [6, 6.07) is 4.32. The lowest BCUT2D eigenvalue weighted by Gasteiger charge is -2.35. The number of ether oxygens (including phenoxy) is 1. The van der Waals surface area contributed by atoms with E-state index in [1.807, 2.05) is 0 Å². The van der Waals surface area contributed by atoms with E-state index in [-0.39, 0.29) is 17.6 Å². The summed E-state index contributed by atoms with van der Waals surface area (Å²) in [6.07, 6.45) is 0.0123. The van der Waals surface area contributed by atoms with Gasteiger partial charge in [0.05, 0.1) is 12.1 Å². The van der Waals surface area contributed by atoms with Crippen LogP contribution in [0.15, 0.2) is 12.1 Å². The first-order chi connectivity index (χ1) is 8.18. The molecule has 0 heterocycles. The summed E-state index contributed by atoms with van der Waals surface area (Å²) in [7, 11) is 1.74. The van der Waals surface area contributed by atoms with Crippen molar-refractivity contribution in [3.05, 3.63) is 34.4 Å². The first-order valence-electron chi connectivity index (χ1n) is 6.54. The van der Waals surface area contributed by atoms with Gasteiger partial charge in [0.15, 0.2) is 0 Å². The van der Waals surface area contributed by atoms with E-state index in [0.29, 0.717) is 0 Å². The van der Waals surface area contributed by atoms with Crippen LogP contribution in [0.2, 0.25) is 0 Å². The van der Waals surface area contributed by atoms with Crippen molar-refractivity contribution >= 4 is 0 Å². The van der Waals surface area contributed by atoms with Crippen LogP contribution in [0, 0.1) is 26.2 Å². The fourth-order valence-corrected chi connectivity index (χ4v) is 2.54. The van der Waals surface area contributed by atoms with E-state index >= 15 is 0 Å². The van der Waals surface area contributed by atoms with Gasteiger partial charge in [0, 0.05) is 7.11 Å². The average molecular weight is 249 g/mol. The van der Waals surface area contributed by atoms with Crippen molar-refractivity contribution in [1.29, 1.82) is 0 Å². The molecule has 0 spiro atoms. The Bertz CT molecular complexity index is 418. The van der Waals surface area contributed by atoms with Crippen molar-refractivity contribution in [1.82, 2.24) is 0 Å². The lowest BCUT2D eigenvalue weighted by Crippen LogP contribution is -2.39. The Balaban J connectivity index is 3.17. The van der Waals surface area contributed by atoms with Crippen LogP contribution in [-0.2, 0) is 4.74 Å². The molecule has 0 radical (unpaired) electrons. The molecule has 18 heavy (non-hydrogen) atoms. The summed E-state index contributed by atoms with van der Waals surface area (Å²) in [4.78, 5) is 0. The quantitative estimate of drug-likeness (QED) is 0.887. The summed E-state index contributed by atoms with van der Waals surface area (Å²) >= 11 is 0. The van der Waals surface area contributed by atoms with Gasteiger partial charge < -0.3 is 10.5 Å². The second kappa shape index (κ2) is 5.41. The van der Waals surface area contributed by atoms with Crippen LogP contribution in [-0.4, -0.2) is 13.2 Å². The highest BCUT2D eigenvalue weighted by molar-refractivity contribution is 5.38. The Kier molecular flexibility index (Phi) is 4.57. The summed E-state index contributed by atoms with van der Waals surface area (Å²) in [6.45, 7) is 12.9. The predicted octanol–water partition coefficient (Wildman–Crippen LogP) is 3.67. The van der Waals surface area contributed by atoms with E-state index in [2.05, 4.69) is 53.7 Å². The smallest absolute Gasteiger partial charge is 0.0812 e. The standard InChI is InChI=1S/C16H27NO/c1-10-8-12(3)13(9-11(10)2)14(17)15(18-7)16(4,5)6/h8-9,14-15H,17H2,1-7H3. The average Bonchev–Trinajstić information content (AvgIpc) is 2.22. The molecule has 0 aliphatic rings. The second-order valence-corrected chi connectivity index (χ2v) is 6.34. The molecule has 0 aromatic heterocycles. The van der Waals surface area contributed by atoms with Crippen LogP contribution in [0.5, 0.6) is 0 Å². The highest BCUT2D eigenvalue weighted by Gasteiger charge is 2.31. The first kappa shape index (κ1) is 15.2. The molecule has 2 atom stereocenters. The number of hydrogen-bond donors (Lipinski definition) is 1. The largest absolute Gasteiger partial charge is 0.379 e. The van der Waals surface area contributed by atoms with Gasteiger partial charge >= 0.3 is 0 Å². The third-order valence-electron chi connectivity index (χ3n) is 3.68. The van der Waals surface area contributed by atoms with E-state index in [1.54, 1.807) is 7.11 Å². The van der Waals surface area contributed by atoms with Gasteiger partial charge in [-0.15, -0.1) is 0 Å². The second-order valence-electron chi connectivity index (χ2n) is 6.34. The van der Waals surface area contributed by atoms with E-state index in [0.717, 1.165) is 0 Å². The minimum atomic E-state index is -0.0886. The number of methoxy groups -OCH3 is 1. The maximum absolute atomic E-state index is 6.43. The van der Waals surface area contributed by atoms with E-state index < -0.39 is 0 Å². The Morgan fingerprint density at radius 3 is 1.94 bits per heavy atom. The van der Waals surface area contributed by atoms with Crippen LogP contribution >= 0.6 is 0 Å². The molecule has 0 amide bonds. The lowest BCUT2D eigenvalue weighted by atomic mass is 9.81.